The van der Waals surface area contributed by atoms with E-state index in [4.69, 9.17) is 4.74 Å². The zero-order valence-corrected chi connectivity index (χ0v) is 13.6. The first-order chi connectivity index (χ1) is 9.35. The molecule has 1 aliphatic carbocycles. The third kappa shape index (κ3) is 4.37. The number of piperazine rings is 1. The second-order valence-electron chi connectivity index (χ2n) is 6.10. The average molecular weight is 292 g/mol. The van der Waals surface area contributed by atoms with Gasteiger partial charge in [-0.15, -0.1) is 0 Å². The molecule has 0 radical (unpaired) electrons. The molecule has 1 atom stereocenters. The van der Waals surface area contributed by atoms with E-state index in [0.717, 1.165) is 26.2 Å². The van der Waals surface area contributed by atoms with Gasteiger partial charge in [0.05, 0.1) is 18.1 Å². The Kier molecular flexibility index (Phi) is 6.35. The molecular weight excluding hydrogens is 262 g/mol. The summed E-state index contributed by atoms with van der Waals surface area (Å²) >= 11 is 0. The molecule has 0 amide bonds. The van der Waals surface area contributed by atoms with Gasteiger partial charge in [-0.2, -0.15) is 0 Å². The van der Waals surface area contributed by atoms with Crippen LogP contribution in [0.2, 0.25) is 0 Å². The van der Waals surface area contributed by atoms with Gasteiger partial charge in [-0.25, -0.2) is 8.78 Å². The maximum absolute atomic E-state index is 13.6. The Morgan fingerprint density at radius 1 is 1.10 bits per heavy atom. The predicted molar refractivity (Wildman–Crippen MR) is 78.4 cm³/mol. The summed E-state index contributed by atoms with van der Waals surface area (Å²) in [6, 6.07) is 0. The second kappa shape index (κ2) is 7.14. The maximum atomic E-state index is 13.6. The summed E-state index contributed by atoms with van der Waals surface area (Å²) in [5.74, 6) is -2.54. The van der Waals surface area contributed by atoms with Crippen LogP contribution in [0.1, 0.15) is 34.1 Å². The van der Waals surface area contributed by atoms with Crippen LogP contribution >= 0.6 is 0 Å². The first-order valence-electron chi connectivity index (χ1n) is 7.75. The van der Waals surface area contributed by atoms with Gasteiger partial charge in [0.15, 0.2) is 0 Å². The summed E-state index contributed by atoms with van der Waals surface area (Å²) in [5.41, 5.74) is -0.923. The molecule has 1 saturated heterocycles. The molecule has 1 aliphatic heterocycles. The minimum atomic E-state index is -2.54. The minimum absolute atomic E-state index is 0.0148. The number of hydrogen-bond donors (Lipinski definition) is 0. The molecule has 0 aromatic carbocycles. The van der Waals surface area contributed by atoms with E-state index in [0.29, 0.717) is 6.54 Å². The number of alkyl halides is 2. The van der Waals surface area contributed by atoms with E-state index in [2.05, 4.69) is 16.8 Å². The van der Waals surface area contributed by atoms with Crippen molar-refractivity contribution in [3.8, 4) is 0 Å². The Morgan fingerprint density at radius 2 is 1.60 bits per heavy atom. The number of ether oxygens (including phenoxy) is 1. The van der Waals surface area contributed by atoms with Gasteiger partial charge in [0, 0.05) is 39.1 Å². The number of rotatable bonds is 5. The molecule has 5 heteroatoms. The zero-order valence-electron chi connectivity index (χ0n) is 13.6. The maximum Gasteiger partial charge on any atom is 0.258 e. The number of nitrogens with zero attached hydrogens (tertiary/aromatic N) is 2. The van der Waals surface area contributed by atoms with Gasteiger partial charge in [0.2, 0.25) is 0 Å². The van der Waals surface area contributed by atoms with E-state index in [9.17, 15) is 8.78 Å². The Hall–Kier alpha value is -0.260. The molecule has 0 aromatic heterocycles. The Balaban J connectivity index is 0.000000956. The van der Waals surface area contributed by atoms with Gasteiger partial charge in [-0.1, -0.05) is 13.8 Å². The van der Waals surface area contributed by atoms with Gasteiger partial charge in [-0.05, 0) is 20.9 Å². The van der Waals surface area contributed by atoms with Crippen molar-refractivity contribution >= 4 is 0 Å². The number of hydrogen-bond acceptors (Lipinski definition) is 3. The molecule has 3 nitrogen and oxygen atoms in total. The van der Waals surface area contributed by atoms with Gasteiger partial charge in [0.1, 0.15) is 0 Å². The SMILES string of the molecule is CC.CC(C)OCC1(CN2CCN(C)CC2)CC1(F)F. The fraction of sp³-hybridized carbons (Fsp3) is 1.00. The molecule has 20 heavy (non-hydrogen) atoms. The van der Waals surface area contributed by atoms with Crippen molar-refractivity contribution in [1.82, 2.24) is 9.80 Å². The highest BCUT2D eigenvalue weighted by molar-refractivity contribution is 5.12. The fourth-order valence-corrected chi connectivity index (χ4v) is 2.51. The van der Waals surface area contributed by atoms with E-state index in [1.165, 1.54) is 0 Å². The second-order valence-corrected chi connectivity index (χ2v) is 6.10. The van der Waals surface area contributed by atoms with Crippen molar-refractivity contribution in [3.05, 3.63) is 0 Å². The summed E-state index contributed by atoms with van der Waals surface area (Å²) in [5, 5.41) is 0. The van der Waals surface area contributed by atoms with Crippen molar-refractivity contribution in [2.24, 2.45) is 5.41 Å². The molecule has 1 saturated carbocycles. The largest absolute Gasteiger partial charge is 0.378 e. The van der Waals surface area contributed by atoms with Crippen LogP contribution in [-0.2, 0) is 4.74 Å². The molecule has 2 aliphatic rings. The average Bonchev–Trinajstić information content (AvgIpc) is 2.94. The third-order valence-electron chi connectivity index (χ3n) is 4.03. The molecule has 120 valence electrons. The summed E-state index contributed by atoms with van der Waals surface area (Å²) in [6.07, 6.45) is 0.00440. The van der Waals surface area contributed by atoms with Crippen LogP contribution in [0.4, 0.5) is 8.78 Å². The summed E-state index contributed by atoms with van der Waals surface area (Å²) in [7, 11) is 2.07. The lowest BCUT2D eigenvalue weighted by Crippen LogP contribution is -2.48. The molecule has 0 bridgehead atoms. The molecule has 0 spiro atoms. The molecule has 2 fully saturated rings. The van der Waals surface area contributed by atoms with Crippen LogP contribution in [0.5, 0.6) is 0 Å². The van der Waals surface area contributed by atoms with Crippen molar-refractivity contribution in [2.75, 3.05) is 46.4 Å². The van der Waals surface area contributed by atoms with Crippen molar-refractivity contribution < 1.29 is 13.5 Å². The van der Waals surface area contributed by atoms with E-state index >= 15 is 0 Å². The molecule has 2 rings (SSSR count). The smallest absolute Gasteiger partial charge is 0.258 e. The third-order valence-corrected chi connectivity index (χ3v) is 4.03. The highest BCUT2D eigenvalue weighted by Gasteiger charge is 2.71. The lowest BCUT2D eigenvalue weighted by atomic mass is 10.1. The first kappa shape index (κ1) is 17.8. The molecule has 1 heterocycles. The summed E-state index contributed by atoms with van der Waals surface area (Å²) in [4.78, 5) is 4.39. The highest BCUT2D eigenvalue weighted by atomic mass is 19.3. The summed E-state index contributed by atoms with van der Waals surface area (Å²) in [6.45, 7) is 12.1. The van der Waals surface area contributed by atoms with Crippen LogP contribution in [-0.4, -0.2) is 68.2 Å². The van der Waals surface area contributed by atoms with Crippen molar-refractivity contribution in [1.29, 1.82) is 0 Å². The minimum Gasteiger partial charge on any atom is -0.378 e. The van der Waals surface area contributed by atoms with E-state index in [1.807, 2.05) is 27.7 Å². The van der Waals surface area contributed by atoms with Crippen molar-refractivity contribution in [3.63, 3.8) is 0 Å². The Morgan fingerprint density at radius 3 is 2.00 bits per heavy atom. The normalized spacial score (nSPS) is 30.0. The Labute approximate surface area is 122 Å². The van der Waals surface area contributed by atoms with E-state index < -0.39 is 11.3 Å². The van der Waals surface area contributed by atoms with Crippen molar-refractivity contribution in [2.45, 2.75) is 46.1 Å². The molecular formula is C15H30F2N2O. The topological polar surface area (TPSA) is 15.7 Å². The van der Waals surface area contributed by atoms with Crippen LogP contribution in [0.25, 0.3) is 0 Å². The lowest BCUT2D eigenvalue weighted by Gasteiger charge is -2.35. The highest BCUT2D eigenvalue weighted by Crippen LogP contribution is 2.61. The van der Waals surface area contributed by atoms with Gasteiger partial charge in [0.25, 0.3) is 5.92 Å². The van der Waals surface area contributed by atoms with Crippen LogP contribution in [0.15, 0.2) is 0 Å². The van der Waals surface area contributed by atoms with Crippen LogP contribution < -0.4 is 0 Å². The first-order valence-corrected chi connectivity index (χ1v) is 7.75. The predicted octanol–water partition coefficient (Wildman–Crippen LogP) is 2.71. The summed E-state index contributed by atoms with van der Waals surface area (Å²) < 4.78 is 32.7. The fourth-order valence-electron chi connectivity index (χ4n) is 2.51. The van der Waals surface area contributed by atoms with Gasteiger partial charge < -0.3 is 9.64 Å². The van der Waals surface area contributed by atoms with Gasteiger partial charge in [-0.3, -0.25) is 4.90 Å². The van der Waals surface area contributed by atoms with Crippen LogP contribution in [0.3, 0.4) is 0 Å². The molecule has 0 N–H and O–H groups in total. The van der Waals surface area contributed by atoms with Crippen LogP contribution in [0, 0.1) is 5.41 Å². The standard InChI is InChI=1S/C13H24F2N2O.C2H6/c1-11(2)18-10-12(8-13(12,14)15)9-17-6-4-16(3)5-7-17;1-2/h11H,4-10H2,1-3H3;1-2H3. The Bertz CT molecular complexity index is 292. The number of halogens is 2. The monoisotopic (exact) mass is 292 g/mol. The number of likely N-dealkylation sites (N-methyl/N-ethyl adjacent to an activating group) is 1. The lowest BCUT2D eigenvalue weighted by molar-refractivity contribution is -0.0291. The zero-order chi connectivity index (χ0) is 15.4. The quantitative estimate of drug-likeness (QED) is 0.775. The molecule has 1 unspecified atom stereocenters. The molecule has 0 aromatic rings. The van der Waals surface area contributed by atoms with E-state index in [-0.39, 0.29) is 19.1 Å². The van der Waals surface area contributed by atoms with E-state index in [1.54, 1.807) is 0 Å². The van der Waals surface area contributed by atoms with Gasteiger partial charge >= 0.3 is 0 Å².